The zero-order valence-corrected chi connectivity index (χ0v) is 14.5. The molecule has 0 aromatic rings. The zero-order chi connectivity index (χ0) is 16.2. The molecule has 0 bridgehead atoms. The molecule has 0 atom stereocenters. The molecule has 4 heteroatoms. The van der Waals surface area contributed by atoms with Gasteiger partial charge in [0, 0.05) is 12.8 Å². The van der Waals surface area contributed by atoms with Crippen LogP contribution in [0.15, 0.2) is 0 Å². The predicted molar refractivity (Wildman–Crippen MR) is 90.1 cm³/mol. The van der Waals surface area contributed by atoms with Crippen molar-refractivity contribution in [2.24, 2.45) is 11.8 Å². The molecule has 0 spiro atoms. The van der Waals surface area contributed by atoms with Gasteiger partial charge in [0.2, 0.25) is 5.24 Å². The maximum Gasteiger partial charge on any atom is 0.303 e. The highest BCUT2D eigenvalue weighted by atomic mass is 35.5. The average Bonchev–Trinajstić information content (AvgIpc) is 2.53. The first kappa shape index (κ1) is 19.5. The summed E-state index contributed by atoms with van der Waals surface area (Å²) in [6, 6.07) is 0. The number of carbonyl (C=O) groups is 2. The van der Waals surface area contributed by atoms with E-state index in [2.05, 4.69) is 0 Å². The summed E-state index contributed by atoms with van der Waals surface area (Å²) >= 11 is 5.26. The molecule has 1 N–H and O–H groups in total. The van der Waals surface area contributed by atoms with Crippen LogP contribution in [0.3, 0.4) is 0 Å². The number of hydrogen-bond acceptors (Lipinski definition) is 2. The van der Waals surface area contributed by atoms with Crippen LogP contribution >= 0.6 is 11.6 Å². The van der Waals surface area contributed by atoms with E-state index in [-0.39, 0.29) is 5.24 Å². The molecule has 0 aromatic carbocycles. The van der Waals surface area contributed by atoms with Crippen LogP contribution < -0.4 is 0 Å². The van der Waals surface area contributed by atoms with Gasteiger partial charge < -0.3 is 5.11 Å². The molecule has 2 fully saturated rings. The van der Waals surface area contributed by atoms with E-state index >= 15 is 0 Å². The molecule has 2 aliphatic carbocycles. The van der Waals surface area contributed by atoms with Crippen LogP contribution in [-0.2, 0) is 9.59 Å². The summed E-state index contributed by atoms with van der Waals surface area (Å²) in [5, 5.41) is 8.27. The third kappa shape index (κ3) is 10.2. The lowest BCUT2D eigenvalue weighted by molar-refractivity contribution is -0.137. The Labute approximate surface area is 139 Å². The van der Waals surface area contributed by atoms with Gasteiger partial charge in [-0.1, -0.05) is 64.2 Å². The second-order valence-corrected chi connectivity index (χ2v) is 7.26. The lowest BCUT2D eigenvalue weighted by Gasteiger charge is -2.20. The lowest BCUT2D eigenvalue weighted by Crippen LogP contribution is -2.08. The monoisotopic (exact) mass is 330 g/mol. The Morgan fingerprint density at radius 3 is 1.55 bits per heavy atom. The largest absolute Gasteiger partial charge is 0.481 e. The smallest absolute Gasteiger partial charge is 0.303 e. The van der Waals surface area contributed by atoms with Gasteiger partial charge in [-0.3, -0.25) is 9.59 Å². The topological polar surface area (TPSA) is 54.4 Å². The van der Waals surface area contributed by atoms with Crippen LogP contribution in [0.5, 0.6) is 0 Å². The van der Waals surface area contributed by atoms with E-state index in [4.69, 9.17) is 16.7 Å². The standard InChI is InChI=1S/C9H15ClO.C9H16O2/c2*10-9(11)7-6-8-4-2-1-3-5-8/h8H,1-7H2;8H,1-7H2,(H,10,11). The van der Waals surface area contributed by atoms with E-state index in [9.17, 15) is 9.59 Å². The number of hydrogen-bond donors (Lipinski definition) is 1. The maximum atomic E-state index is 10.5. The van der Waals surface area contributed by atoms with Crippen molar-refractivity contribution in [2.45, 2.75) is 89.9 Å². The Kier molecular flexibility index (Phi) is 10.6. The number of carbonyl (C=O) groups excluding carboxylic acids is 1. The summed E-state index contributed by atoms with van der Waals surface area (Å²) in [6.07, 6.45) is 16.0. The fraction of sp³-hybridized carbons (Fsp3) is 0.889. The fourth-order valence-corrected chi connectivity index (χ4v) is 3.71. The molecule has 0 aliphatic heterocycles. The molecule has 2 aliphatic rings. The molecule has 0 radical (unpaired) electrons. The van der Waals surface area contributed by atoms with Crippen LogP contribution in [0, 0.1) is 11.8 Å². The lowest BCUT2D eigenvalue weighted by atomic mass is 9.86. The first-order valence-electron chi connectivity index (χ1n) is 8.98. The molecule has 0 heterocycles. The Bertz CT molecular complexity index is 286. The molecule has 3 nitrogen and oxygen atoms in total. The summed E-state index contributed by atoms with van der Waals surface area (Å²) < 4.78 is 0. The third-order valence-corrected chi connectivity index (χ3v) is 5.15. The molecule has 0 amide bonds. The van der Waals surface area contributed by atoms with Crippen LogP contribution in [0.1, 0.15) is 89.9 Å². The van der Waals surface area contributed by atoms with Crippen molar-refractivity contribution in [2.75, 3.05) is 0 Å². The van der Waals surface area contributed by atoms with Gasteiger partial charge >= 0.3 is 5.97 Å². The van der Waals surface area contributed by atoms with E-state index in [0.717, 1.165) is 18.8 Å². The van der Waals surface area contributed by atoms with Crippen molar-refractivity contribution in [3.05, 3.63) is 0 Å². The molecule has 0 unspecified atom stereocenters. The van der Waals surface area contributed by atoms with Gasteiger partial charge in [0.25, 0.3) is 0 Å². The predicted octanol–water partition coefficient (Wildman–Crippen LogP) is 5.54. The summed E-state index contributed by atoms with van der Waals surface area (Å²) in [6.45, 7) is 0. The number of rotatable bonds is 6. The Morgan fingerprint density at radius 1 is 0.773 bits per heavy atom. The van der Waals surface area contributed by atoms with Gasteiger partial charge in [-0.2, -0.15) is 0 Å². The van der Waals surface area contributed by atoms with Gasteiger partial charge in [-0.15, -0.1) is 0 Å². The summed E-state index contributed by atoms with van der Waals surface area (Å²) in [4.78, 5) is 20.7. The number of aliphatic carboxylic acids is 1. The van der Waals surface area contributed by atoms with E-state index in [1.54, 1.807) is 0 Å². The molecular formula is C18H31ClO3. The van der Waals surface area contributed by atoms with Crippen molar-refractivity contribution < 1.29 is 14.7 Å². The first-order chi connectivity index (χ1) is 10.6. The number of carboxylic acids is 1. The Balaban J connectivity index is 0.000000220. The molecule has 128 valence electrons. The minimum Gasteiger partial charge on any atom is -0.481 e. The van der Waals surface area contributed by atoms with Gasteiger partial charge in [0.1, 0.15) is 0 Å². The first-order valence-corrected chi connectivity index (χ1v) is 9.36. The Hall–Kier alpha value is -0.570. The quantitative estimate of drug-likeness (QED) is 0.650. The summed E-state index contributed by atoms with van der Waals surface area (Å²) in [5.41, 5.74) is 0. The molecule has 2 saturated carbocycles. The van der Waals surface area contributed by atoms with Crippen molar-refractivity contribution >= 4 is 22.8 Å². The maximum absolute atomic E-state index is 10.5. The van der Waals surface area contributed by atoms with Gasteiger partial charge in [0.15, 0.2) is 0 Å². The highest BCUT2D eigenvalue weighted by Crippen LogP contribution is 2.28. The number of halogens is 1. The molecule has 0 saturated heterocycles. The minimum atomic E-state index is -0.643. The Morgan fingerprint density at radius 2 is 1.18 bits per heavy atom. The van der Waals surface area contributed by atoms with E-state index in [0.29, 0.717) is 18.8 Å². The minimum absolute atomic E-state index is 0.171. The normalized spacial score (nSPS) is 20.0. The van der Waals surface area contributed by atoms with Crippen LogP contribution in [0.4, 0.5) is 0 Å². The second kappa shape index (κ2) is 11.9. The van der Waals surface area contributed by atoms with E-state index in [1.807, 2.05) is 0 Å². The van der Waals surface area contributed by atoms with Gasteiger partial charge in [-0.25, -0.2) is 0 Å². The molecular weight excluding hydrogens is 300 g/mol. The van der Waals surface area contributed by atoms with Crippen LogP contribution in [0.25, 0.3) is 0 Å². The highest BCUT2D eigenvalue weighted by Gasteiger charge is 2.14. The van der Waals surface area contributed by atoms with Crippen LogP contribution in [-0.4, -0.2) is 16.3 Å². The summed E-state index contributed by atoms with van der Waals surface area (Å²) in [7, 11) is 0. The summed E-state index contributed by atoms with van der Waals surface area (Å²) in [5.74, 6) is 0.849. The van der Waals surface area contributed by atoms with Crippen molar-refractivity contribution in [1.82, 2.24) is 0 Å². The number of carboxylic acid groups (broad SMARTS) is 1. The molecule has 22 heavy (non-hydrogen) atoms. The van der Waals surface area contributed by atoms with E-state index < -0.39 is 5.97 Å². The SMILES string of the molecule is O=C(Cl)CCC1CCCCC1.O=C(O)CCC1CCCCC1. The van der Waals surface area contributed by atoms with Gasteiger partial charge in [0.05, 0.1) is 0 Å². The third-order valence-electron chi connectivity index (χ3n) is 4.97. The van der Waals surface area contributed by atoms with Crippen molar-refractivity contribution in [1.29, 1.82) is 0 Å². The molecule has 0 aromatic heterocycles. The van der Waals surface area contributed by atoms with Crippen LogP contribution in [0.2, 0.25) is 0 Å². The highest BCUT2D eigenvalue weighted by molar-refractivity contribution is 6.63. The fourth-order valence-electron chi connectivity index (χ4n) is 3.60. The van der Waals surface area contributed by atoms with Crippen molar-refractivity contribution in [3.8, 4) is 0 Å². The van der Waals surface area contributed by atoms with Gasteiger partial charge in [-0.05, 0) is 36.3 Å². The average molecular weight is 331 g/mol. The second-order valence-electron chi connectivity index (χ2n) is 6.83. The molecule has 2 rings (SSSR count). The van der Waals surface area contributed by atoms with E-state index in [1.165, 1.54) is 64.2 Å². The zero-order valence-electron chi connectivity index (χ0n) is 13.7. The van der Waals surface area contributed by atoms with Crippen molar-refractivity contribution in [3.63, 3.8) is 0 Å².